The number of hydrogen-bond donors (Lipinski definition) is 3. The van der Waals surface area contributed by atoms with Crippen molar-refractivity contribution < 1.29 is 53.5 Å². The van der Waals surface area contributed by atoms with Gasteiger partial charge in [-0.05, 0) is 65.7 Å². The molecule has 40 heavy (non-hydrogen) atoms. The second-order valence-electron chi connectivity index (χ2n) is 11.2. The quantitative estimate of drug-likeness (QED) is 0.244. The molecule has 0 radical (unpaired) electrons. The van der Waals surface area contributed by atoms with Gasteiger partial charge in [0.2, 0.25) is 0 Å². The SMILES string of the molecule is CC(C)(C)OC(=O)CN(CC(=O)O)CC(Cc1ccc(OCC(=O)O)cc1)N(CC(=O)O)CC(=O)OC(C)(C)C. The summed E-state index contributed by atoms with van der Waals surface area (Å²) in [6.45, 7) is 7.54. The Labute approximate surface area is 233 Å². The van der Waals surface area contributed by atoms with Crippen LogP contribution in [-0.4, -0.2) is 112 Å². The highest BCUT2D eigenvalue weighted by Crippen LogP contribution is 2.18. The zero-order valence-electron chi connectivity index (χ0n) is 23.8. The number of carbonyl (C=O) groups is 5. The standard InChI is InChI=1S/C27H40N2O11/c1-26(2,3)39-24(36)15-28(13-21(30)31)12-19(11-18-7-9-20(10-8-18)38-17-23(34)35)29(14-22(32)33)16-25(37)40-27(4,5)6/h7-10,19H,11-17H2,1-6H3,(H,30,31)(H,32,33)(H,34,35). The molecular formula is C27H40N2O11. The Hall–Kier alpha value is -3.71. The van der Waals surface area contributed by atoms with Crippen LogP contribution < -0.4 is 4.74 Å². The summed E-state index contributed by atoms with van der Waals surface area (Å²) in [6, 6.07) is 5.62. The van der Waals surface area contributed by atoms with Crippen LogP contribution in [0.15, 0.2) is 24.3 Å². The maximum atomic E-state index is 12.7. The Bertz CT molecular complexity index is 1030. The molecule has 1 atom stereocenters. The van der Waals surface area contributed by atoms with Gasteiger partial charge in [0.1, 0.15) is 17.0 Å². The van der Waals surface area contributed by atoms with Crippen LogP contribution in [0.2, 0.25) is 0 Å². The molecule has 3 N–H and O–H groups in total. The van der Waals surface area contributed by atoms with Gasteiger partial charge in [0.05, 0.1) is 26.2 Å². The molecule has 0 saturated carbocycles. The Morgan fingerprint density at radius 3 is 1.68 bits per heavy atom. The highest BCUT2D eigenvalue weighted by atomic mass is 16.6. The van der Waals surface area contributed by atoms with Crippen molar-refractivity contribution in [2.75, 3.05) is 39.3 Å². The van der Waals surface area contributed by atoms with Crippen LogP contribution in [0.3, 0.4) is 0 Å². The van der Waals surface area contributed by atoms with E-state index in [2.05, 4.69) is 0 Å². The highest BCUT2D eigenvalue weighted by Gasteiger charge is 2.30. The average molecular weight is 569 g/mol. The van der Waals surface area contributed by atoms with Gasteiger partial charge >= 0.3 is 29.8 Å². The van der Waals surface area contributed by atoms with Crippen molar-refractivity contribution >= 4 is 29.8 Å². The number of carbonyl (C=O) groups excluding carboxylic acids is 2. The van der Waals surface area contributed by atoms with Crippen molar-refractivity contribution in [3.05, 3.63) is 29.8 Å². The van der Waals surface area contributed by atoms with E-state index in [4.69, 9.17) is 19.3 Å². The first-order valence-electron chi connectivity index (χ1n) is 12.6. The molecule has 0 heterocycles. The molecule has 13 heteroatoms. The maximum Gasteiger partial charge on any atom is 0.341 e. The van der Waals surface area contributed by atoms with E-state index in [0.717, 1.165) is 0 Å². The molecule has 0 aliphatic carbocycles. The fraction of sp³-hybridized carbons (Fsp3) is 0.593. The first kappa shape index (κ1) is 34.3. The Morgan fingerprint density at radius 1 is 0.725 bits per heavy atom. The van der Waals surface area contributed by atoms with Crippen molar-refractivity contribution in [1.82, 2.24) is 9.80 Å². The molecule has 0 aliphatic rings. The number of carboxylic acid groups (broad SMARTS) is 3. The monoisotopic (exact) mass is 568 g/mol. The summed E-state index contributed by atoms with van der Waals surface area (Å²) < 4.78 is 15.9. The minimum Gasteiger partial charge on any atom is -0.482 e. The molecule has 0 aromatic heterocycles. The lowest BCUT2D eigenvalue weighted by atomic mass is 10.0. The van der Waals surface area contributed by atoms with E-state index in [1.807, 2.05) is 0 Å². The van der Waals surface area contributed by atoms with Gasteiger partial charge in [0.25, 0.3) is 0 Å². The lowest BCUT2D eigenvalue weighted by Crippen LogP contribution is -2.51. The predicted octanol–water partition coefficient (Wildman–Crippen LogP) is 1.52. The fourth-order valence-electron chi connectivity index (χ4n) is 3.71. The predicted molar refractivity (Wildman–Crippen MR) is 142 cm³/mol. The summed E-state index contributed by atoms with van der Waals surface area (Å²) >= 11 is 0. The fourth-order valence-corrected chi connectivity index (χ4v) is 3.71. The van der Waals surface area contributed by atoms with E-state index in [-0.39, 0.29) is 19.5 Å². The van der Waals surface area contributed by atoms with Crippen molar-refractivity contribution in [3.8, 4) is 5.75 Å². The average Bonchev–Trinajstić information content (AvgIpc) is 2.74. The first-order chi connectivity index (χ1) is 18.3. The van der Waals surface area contributed by atoms with Crippen LogP contribution in [0.5, 0.6) is 5.75 Å². The molecule has 0 spiro atoms. The van der Waals surface area contributed by atoms with Gasteiger partial charge in [-0.1, -0.05) is 12.1 Å². The summed E-state index contributed by atoms with van der Waals surface area (Å²) in [4.78, 5) is 62.0. The third-order valence-electron chi connectivity index (χ3n) is 4.96. The lowest BCUT2D eigenvalue weighted by Gasteiger charge is -2.34. The number of benzene rings is 1. The van der Waals surface area contributed by atoms with Crippen molar-refractivity contribution in [1.29, 1.82) is 0 Å². The van der Waals surface area contributed by atoms with Crippen LogP contribution in [0, 0.1) is 0 Å². The van der Waals surface area contributed by atoms with E-state index in [1.165, 1.54) is 9.80 Å². The van der Waals surface area contributed by atoms with E-state index in [9.17, 15) is 34.2 Å². The molecule has 1 aromatic rings. The molecule has 13 nitrogen and oxygen atoms in total. The Morgan fingerprint density at radius 2 is 1.23 bits per heavy atom. The van der Waals surface area contributed by atoms with E-state index in [0.29, 0.717) is 11.3 Å². The third kappa shape index (κ3) is 15.6. The number of carboxylic acids is 3. The summed E-state index contributed by atoms with van der Waals surface area (Å²) in [6.07, 6.45) is 0.153. The Balaban J connectivity index is 3.33. The van der Waals surface area contributed by atoms with Gasteiger partial charge in [-0.15, -0.1) is 0 Å². The zero-order chi connectivity index (χ0) is 30.7. The third-order valence-corrected chi connectivity index (χ3v) is 4.96. The molecule has 1 unspecified atom stereocenters. The number of nitrogens with zero attached hydrogens (tertiary/aromatic N) is 2. The highest BCUT2D eigenvalue weighted by molar-refractivity contribution is 5.75. The van der Waals surface area contributed by atoms with Crippen LogP contribution in [-0.2, 0) is 39.9 Å². The van der Waals surface area contributed by atoms with E-state index >= 15 is 0 Å². The molecule has 0 bridgehead atoms. The topological polar surface area (TPSA) is 180 Å². The maximum absolute atomic E-state index is 12.7. The van der Waals surface area contributed by atoms with Gasteiger partial charge in [0, 0.05) is 12.6 Å². The number of hydrogen-bond acceptors (Lipinski definition) is 10. The first-order valence-corrected chi connectivity index (χ1v) is 12.6. The summed E-state index contributed by atoms with van der Waals surface area (Å²) in [5.74, 6) is -4.60. The summed E-state index contributed by atoms with van der Waals surface area (Å²) in [7, 11) is 0. The minimum atomic E-state index is -1.22. The van der Waals surface area contributed by atoms with Crippen LogP contribution >= 0.6 is 0 Å². The van der Waals surface area contributed by atoms with Gasteiger partial charge in [-0.2, -0.15) is 0 Å². The largest absolute Gasteiger partial charge is 0.482 e. The zero-order valence-corrected chi connectivity index (χ0v) is 23.8. The summed E-state index contributed by atoms with van der Waals surface area (Å²) in [5, 5.41) is 27.9. The number of esters is 2. The van der Waals surface area contributed by atoms with Crippen LogP contribution in [0.4, 0.5) is 0 Å². The molecule has 0 aliphatic heterocycles. The molecule has 0 saturated heterocycles. The summed E-state index contributed by atoms with van der Waals surface area (Å²) in [5.41, 5.74) is -0.957. The van der Waals surface area contributed by atoms with Crippen LogP contribution in [0.25, 0.3) is 0 Å². The molecule has 1 rings (SSSR count). The number of aliphatic carboxylic acids is 3. The van der Waals surface area contributed by atoms with Crippen molar-refractivity contribution in [2.24, 2.45) is 0 Å². The van der Waals surface area contributed by atoms with E-state index in [1.54, 1.807) is 65.8 Å². The smallest absolute Gasteiger partial charge is 0.341 e. The number of ether oxygens (including phenoxy) is 3. The van der Waals surface area contributed by atoms with Crippen molar-refractivity contribution in [3.63, 3.8) is 0 Å². The molecule has 0 fully saturated rings. The van der Waals surface area contributed by atoms with Gasteiger partial charge in [-0.25, -0.2) is 4.79 Å². The normalized spacial score (nSPS) is 12.6. The van der Waals surface area contributed by atoms with Gasteiger partial charge in [0.15, 0.2) is 6.61 Å². The second kappa shape index (κ2) is 15.2. The molecular weight excluding hydrogens is 528 g/mol. The molecule has 224 valence electrons. The van der Waals surface area contributed by atoms with Crippen LogP contribution in [0.1, 0.15) is 47.1 Å². The van der Waals surface area contributed by atoms with Gasteiger partial charge < -0.3 is 29.5 Å². The van der Waals surface area contributed by atoms with Gasteiger partial charge in [-0.3, -0.25) is 29.0 Å². The minimum absolute atomic E-state index is 0.0983. The molecule has 1 aromatic carbocycles. The number of rotatable bonds is 16. The second-order valence-corrected chi connectivity index (χ2v) is 11.2. The Kier molecular flexibility index (Phi) is 13.0. The van der Waals surface area contributed by atoms with E-state index < -0.39 is 73.3 Å². The van der Waals surface area contributed by atoms with Crippen molar-refractivity contribution in [2.45, 2.75) is 65.2 Å². The lowest BCUT2D eigenvalue weighted by molar-refractivity contribution is -0.160. The molecule has 0 amide bonds.